The molecule has 0 bridgehead atoms. The molecule has 194 valence electrons. The summed E-state index contributed by atoms with van der Waals surface area (Å²) < 4.78 is 42.1. The number of carboxylic acid groups (broad SMARTS) is 1. The lowest BCUT2D eigenvalue weighted by Crippen LogP contribution is -2.25. The Labute approximate surface area is 213 Å². The van der Waals surface area contributed by atoms with Gasteiger partial charge in [-0.1, -0.05) is 55.5 Å². The molecule has 0 amide bonds. The Morgan fingerprint density at radius 1 is 1.08 bits per heavy atom. The molecule has 1 aliphatic heterocycles. The van der Waals surface area contributed by atoms with Crippen molar-refractivity contribution in [1.82, 2.24) is 10.4 Å². The average Bonchev–Trinajstić information content (AvgIpc) is 3.33. The molecule has 0 aromatic heterocycles. The molecule has 0 saturated heterocycles. The highest BCUT2D eigenvalue weighted by molar-refractivity contribution is 5.96. The fraction of sp³-hybridized carbons (Fsp3) is 0.286. The number of nitrogens with one attached hydrogen (secondary N) is 1. The molecule has 9 heteroatoms. The van der Waals surface area contributed by atoms with E-state index in [9.17, 15) is 18.0 Å². The van der Waals surface area contributed by atoms with Crippen molar-refractivity contribution in [1.29, 1.82) is 0 Å². The zero-order valence-corrected chi connectivity index (χ0v) is 20.8. The summed E-state index contributed by atoms with van der Waals surface area (Å²) in [6, 6.07) is 16.8. The number of likely N-dealkylation sites (N-methyl/N-ethyl adjacent to an activating group) is 1. The first kappa shape index (κ1) is 26.4. The average molecular weight is 512 g/mol. The molecule has 4 rings (SSSR count). The van der Waals surface area contributed by atoms with Gasteiger partial charge < -0.3 is 9.94 Å². The first-order chi connectivity index (χ1) is 17.6. The van der Waals surface area contributed by atoms with Crippen molar-refractivity contribution < 1.29 is 27.9 Å². The molecule has 1 heterocycles. The zero-order chi connectivity index (χ0) is 26.7. The van der Waals surface area contributed by atoms with Crippen LogP contribution >= 0.6 is 0 Å². The van der Waals surface area contributed by atoms with Gasteiger partial charge in [0, 0.05) is 12.1 Å². The third-order valence-electron chi connectivity index (χ3n) is 6.29. The Kier molecular flexibility index (Phi) is 7.65. The maximum absolute atomic E-state index is 14.0. The number of nitrogens with zero attached hydrogens (tertiary/aromatic N) is 2. The van der Waals surface area contributed by atoms with Crippen LogP contribution in [-0.4, -0.2) is 35.5 Å². The summed E-state index contributed by atoms with van der Waals surface area (Å²) in [5.41, 5.74) is 6.47. The number of aryl methyl sites for hydroxylation is 2. The van der Waals surface area contributed by atoms with Crippen molar-refractivity contribution in [2.45, 2.75) is 39.2 Å². The van der Waals surface area contributed by atoms with Crippen LogP contribution in [0.25, 0.3) is 11.1 Å². The van der Waals surface area contributed by atoms with Gasteiger partial charge in [-0.3, -0.25) is 9.69 Å². The van der Waals surface area contributed by atoms with E-state index in [1.807, 2.05) is 25.1 Å². The van der Waals surface area contributed by atoms with Crippen LogP contribution in [0.5, 0.6) is 0 Å². The maximum atomic E-state index is 14.0. The highest BCUT2D eigenvalue weighted by Gasteiger charge is 2.35. The van der Waals surface area contributed by atoms with Crippen LogP contribution in [0.3, 0.4) is 0 Å². The van der Waals surface area contributed by atoms with Crippen LogP contribution in [0.1, 0.15) is 46.5 Å². The van der Waals surface area contributed by atoms with Crippen LogP contribution in [0.15, 0.2) is 65.7 Å². The number of hydrogen-bond donors (Lipinski definition) is 2. The highest BCUT2D eigenvalue weighted by atomic mass is 19.4. The molecule has 0 spiro atoms. The minimum atomic E-state index is -4.56. The molecule has 1 atom stereocenters. The number of hydroxylamine groups is 1. The van der Waals surface area contributed by atoms with Crippen LogP contribution < -0.4 is 5.48 Å². The van der Waals surface area contributed by atoms with E-state index < -0.39 is 23.9 Å². The largest absolute Gasteiger partial charge is 0.480 e. The monoisotopic (exact) mass is 511 g/mol. The molecular formula is C28H28F3N3O3. The Balaban J connectivity index is 1.62. The molecule has 0 fully saturated rings. The Bertz CT molecular complexity index is 1340. The second-order valence-corrected chi connectivity index (χ2v) is 9.08. The van der Waals surface area contributed by atoms with E-state index in [0.29, 0.717) is 12.1 Å². The molecule has 3 aromatic rings. The Morgan fingerprint density at radius 3 is 2.51 bits per heavy atom. The van der Waals surface area contributed by atoms with E-state index in [1.165, 1.54) is 6.07 Å². The van der Waals surface area contributed by atoms with Gasteiger partial charge in [-0.2, -0.15) is 13.2 Å². The van der Waals surface area contributed by atoms with Gasteiger partial charge in [0.25, 0.3) is 0 Å². The van der Waals surface area contributed by atoms with Crippen molar-refractivity contribution in [2.75, 3.05) is 13.6 Å². The minimum absolute atomic E-state index is 0.0703. The van der Waals surface area contributed by atoms with E-state index in [2.05, 4.69) is 10.5 Å². The van der Waals surface area contributed by atoms with Gasteiger partial charge in [0.15, 0.2) is 6.17 Å². The number of aliphatic carboxylic acids is 1. The van der Waals surface area contributed by atoms with E-state index in [4.69, 9.17) is 9.94 Å². The minimum Gasteiger partial charge on any atom is -0.480 e. The zero-order valence-electron chi connectivity index (χ0n) is 20.8. The summed E-state index contributed by atoms with van der Waals surface area (Å²) in [5, 5.41) is 9.00. The summed E-state index contributed by atoms with van der Waals surface area (Å²) >= 11 is 0. The van der Waals surface area contributed by atoms with Gasteiger partial charge >= 0.3 is 12.1 Å². The van der Waals surface area contributed by atoms with Crippen molar-refractivity contribution >= 4 is 11.9 Å². The lowest BCUT2D eigenvalue weighted by atomic mass is 9.94. The SMILES string of the molecule is CCc1cc(C2N=C(c3ccc(-c4ccccc4C)c(C(F)(F)F)c3)ON2)ccc1CN(C)CC(=O)O. The lowest BCUT2D eigenvalue weighted by molar-refractivity contribution is -0.138. The van der Waals surface area contributed by atoms with Gasteiger partial charge in [-0.15, -0.1) is 5.48 Å². The first-order valence-corrected chi connectivity index (χ1v) is 11.9. The second kappa shape index (κ2) is 10.7. The highest BCUT2D eigenvalue weighted by Crippen LogP contribution is 2.39. The molecular weight excluding hydrogens is 483 g/mol. The number of carboxylic acids is 1. The summed E-state index contributed by atoms with van der Waals surface area (Å²) in [6.45, 7) is 4.19. The van der Waals surface area contributed by atoms with Crippen LogP contribution in [0.2, 0.25) is 0 Å². The van der Waals surface area contributed by atoms with E-state index >= 15 is 0 Å². The number of rotatable bonds is 8. The van der Waals surface area contributed by atoms with Gasteiger partial charge in [-0.05, 0) is 65.9 Å². The lowest BCUT2D eigenvalue weighted by Gasteiger charge is -2.18. The van der Waals surface area contributed by atoms with Crippen molar-refractivity contribution in [3.8, 4) is 11.1 Å². The molecule has 6 nitrogen and oxygen atoms in total. The number of hydrogen-bond acceptors (Lipinski definition) is 5. The fourth-order valence-corrected chi connectivity index (χ4v) is 4.46. The van der Waals surface area contributed by atoms with E-state index in [-0.39, 0.29) is 23.6 Å². The third kappa shape index (κ3) is 6.00. The van der Waals surface area contributed by atoms with E-state index in [1.54, 1.807) is 49.2 Å². The summed E-state index contributed by atoms with van der Waals surface area (Å²) in [4.78, 5) is 22.7. The Morgan fingerprint density at radius 2 is 1.84 bits per heavy atom. The molecule has 0 saturated carbocycles. The fourth-order valence-electron chi connectivity index (χ4n) is 4.46. The standard InChI is InChI=1S/C28H28F3N3O3/c1-4-18-13-19(9-10-21(18)15-34(3)16-25(35)36)26-32-27(37-33-26)20-11-12-23(24(14-20)28(29,30)31)22-8-6-5-7-17(22)2/h5-14,26,33H,4,15-16H2,1-3H3,(H,35,36). The molecule has 2 N–H and O–H groups in total. The van der Waals surface area contributed by atoms with Gasteiger partial charge in [-0.25, -0.2) is 4.99 Å². The van der Waals surface area contributed by atoms with Crippen molar-refractivity contribution in [3.05, 3.63) is 94.0 Å². The van der Waals surface area contributed by atoms with Crippen molar-refractivity contribution in [2.24, 2.45) is 4.99 Å². The molecule has 0 radical (unpaired) electrons. The normalized spacial score (nSPS) is 15.5. The van der Waals surface area contributed by atoms with Gasteiger partial charge in [0.05, 0.1) is 12.1 Å². The summed E-state index contributed by atoms with van der Waals surface area (Å²) in [6.07, 6.45) is -4.42. The molecule has 1 unspecified atom stereocenters. The predicted molar refractivity (Wildman–Crippen MR) is 135 cm³/mol. The topological polar surface area (TPSA) is 74.2 Å². The molecule has 3 aromatic carbocycles. The van der Waals surface area contributed by atoms with Crippen LogP contribution in [0.4, 0.5) is 13.2 Å². The maximum Gasteiger partial charge on any atom is 0.417 e. The number of aliphatic imine (C=N–C) groups is 1. The molecule has 37 heavy (non-hydrogen) atoms. The van der Waals surface area contributed by atoms with Gasteiger partial charge in [0.2, 0.25) is 5.90 Å². The number of halogens is 3. The first-order valence-electron chi connectivity index (χ1n) is 11.9. The summed E-state index contributed by atoms with van der Waals surface area (Å²) in [5.74, 6) is -0.817. The number of benzene rings is 3. The molecule has 1 aliphatic rings. The number of carbonyl (C=O) groups is 1. The van der Waals surface area contributed by atoms with Crippen LogP contribution in [0, 0.1) is 6.92 Å². The second-order valence-electron chi connectivity index (χ2n) is 9.08. The van der Waals surface area contributed by atoms with Crippen LogP contribution in [-0.2, 0) is 28.8 Å². The molecule has 0 aliphatic carbocycles. The third-order valence-corrected chi connectivity index (χ3v) is 6.29. The number of alkyl halides is 3. The summed E-state index contributed by atoms with van der Waals surface area (Å²) in [7, 11) is 1.74. The smallest absolute Gasteiger partial charge is 0.417 e. The van der Waals surface area contributed by atoms with E-state index in [0.717, 1.165) is 34.7 Å². The van der Waals surface area contributed by atoms with Gasteiger partial charge in [0.1, 0.15) is 0 Å². The quantitative estimate of drug-likeness (QED) is 0.404. The predicted octanol–water partition coefficient (Wildman–Crippen LogP) is 5.74. The Hall–Kier alpha value is -3.69. The van der Waals surface area contributed by atoms with Crippen molar-refractivity contribution in [3.63, 3.8) is 0 Å².